The lowest BCUT2D eigenvalue weighted by Crippen LogP contribution is -2.30. The molecule has 3 N–H and O–H groups in total. The second-order valence-electron chi connectivity index (χ2n) is 7.29. The summed E-state index contributed by atoms with van der Waals surface area (Å²) in [5.74, 6) is 1.68. The van der Waals surface area contributed by atoms with Gasteiger partial charge < -0.3 is 15.7 Å². The third kappa shape index (κ3) is 4.51. The van der Waals surface area contributed by atoms with Gasteiger partial charge in [0.1, 0.15) is 5.82 Å². The lowest BCUT2D eigenvalue weighted by molar-refractivity contribution is -0.385. The highest BCUT2D eigenvalue weighted by Gasteiger charge is 2.27. The molecule has 0 saturated heterocycles. The van der Waals surface area contributed by atoms with Crippen LogP contribution in [-0.2, 0) is 0 Å². The summed E-state index contributed by atoms with van der Waals surface area (Å²) >= 11 is 0. The quantitative estimate of drug-likeness (QED) is 0.478. The summed E-state index contributed by atoms with van der Waals surface area (Å²) in [6.45, 7) is 5.74. The van der Waals surface area contributed by atoms with Crippen LogP contribution in [0.3, 0.4) is 0 Å². The lowest BCUT2D eigenvalue weighted by atomic mass is 10.1. The van der Waals surface area contributed by atoms with Gasteiger partial charge in [-0.25, -0.2) is 4.98 Å². The second kappa shape index (κ2) is 7.87. The van der Waals surface area contributed by atoms with Crippen molar-refractivity contribution in [2.75, 3.05) is 17.2 Å². The molecule has 8 heteroatoms. The first-order valence-corrected chi connectivity index (χ1v) is 9.16. The summed E-state index contributed by atoms with van der Waals surface area (Å²) in [4.78, 5) is 19.9. The van der Waals surface area contributed by atoms with E-state index in [4.69, 9.17) is 0 Å². The summed E-state index contributed by atoms with van der Waals surface area (Å²) in [5.41, 5.74) is 2.20. The van der Waals surface area contributed by atoms with Gasteiger partial charge in [-0.1, -0.05) is 19.9 Å². The number of nitrogens with zero attached hydrogens (tertiary/aromatic N) is 3. The van der Waals surface area contributed by atoms with Gasteiger partial charge in [-0.05, 0) is 31.7 Å². The largest absolute Gasteiger partial charge is 0.394 e. The molecule has 1 aromatic carbocycles. The molecule has 8 nitrogen and oxygen atoms in total. The van der Waals surface area contributed by atoms with Crippen LogP contribution in [0.4, 0.5) is 23.1 Å². The number of benzene rings is 1. The highest BCUT2D eigenvalue weighted by Crippen LogP contribution is 2.40. The minimum Gasteiger partial charge on any atom is -0.394 e. The Kier molecular flexibility index (Phi) is 5.55. The number of rotatable bonds is 8. The van der Waals surface area contributed by atoms with E-state index < -0.39 is 4.92 Å². The molecule has 27 heavy (non-hydrogen) atoms. The Labute approximate surface area is 158 Å². The fourth-order valence-corrected chi connectivity index (χ4v) is 2.87. The average molecular weight is 371 g/mol. The van der Waals surface area contributed by atoms with Crippen LogP contribution in [0.2, 0.25) is 0 Å². The van der Waals surface area contributed by atoms with E-state index in [0.29, 0.717) is 28.9 Å². The van der Waals surface area contributed by atoms with Gasteiger partial charge in [0, 0.05) is 23.7 Å². The fraction of sp³-hybridized carbons (Fsp3) is 0.474. The van der Waals surface area contributed by atoms with Crippen molar-refractivity contribution < 1.29 is 10.0 Å². The molecule has 0 unspecified atom stereocenters. The van der Waals surface area contributed by atoms with Crippen LogP contribution in [0.15, 0.2) is 24.3 Å². The summed E-state index contributed by atoms with van der Waals surface area (Å²) in [6, 6.07) is 6.67. The molecular formula is C19H25N5O3. The summed E-state index contributed by atoms with van der Waals surface area (Å²) in [6.07, 6.45) is 2.19. The smallest absolute Gasteiger partial charge is 0.274 e. The number of aromatic nitrogens is 2. The highest BCUT2D eigenvalue weighted by molar-refractivity contribution is 5.66. The molecule has 1 aliphatic carbocycles. The molecule has 0 radical (unpaired) electrons. The van der Waals surface area contributed by atoms with Gasteiger partial charge in [0.2, 0.25) is 5.95 Å². The predicted octanol–water partition coefficient (Wildman–Crippen LogP) is 3.74. The molecule has 0 amide bonds. The maximum Gasteiger partial charge on any atom is 0.274 e. The van der Waals surface area contributed by atoms with E-state index in [1.54, 1.807) is 19.1 Å². The first-order valence-electron chi connectivity index (χ1n) is 9.16. The molecule has 3 rings (SSSR count). The monoisotopic (exact) mass is 371 g/mol. The summed E-state index contributed by atoms with van der Waals surface area (Å²) in [5, 5.41) is 27.1. The number of anilines is 3. The van der Waals surface area contributed by atoms with Gasteiger partial charge in [-0.3, -0.25) is 10.1 Å². The number of nitrogens with one attached hydrogen (secondary N) is 2. The number of aliphatic hydroxyl groups excluding tert-OH is 1. The standard InChI is InChI=1S/C19H25N5O3/c1-11(2)16(10-25)22-19-21-15(13-7-8-13)9-18(23-19)20-14-5-4-6-17(12(14)3)24(26)27/h4-6,9,11,13,16,25H,7-8,10H2,1-3H3,(H2,20,21,22,23)/t16-/m1/s1. The minimum absolute atomic E-state index is 0.0125. The van der Waals surface area contributed by atoms with E-state index >= 15 is 0 Å². The SMILES string of the molecule is Cc1c(Nc2cc(C3CC3)nc(N[C@H](CO)C(C)C)n2)cccc1[N+](=O)[O-]. The topological polar surface area (TPSA) is 113 Å². The van der Waals surface area contributed by atoms with Crippen molar-refractivity contribution >= 4 is 23.1 Å². The van der Waals surface area contributed by atoms with Gasteiger partial charge in [0.05, 0.1) is 28.8 Å². The number of aliphatic hydroxyl groups is 1. The Balaban J connectivity index is 1.91. The van der Waals surface area contributed by atoms with Crippen molar-refractivity contribution in [1.82, 2.24) is 9.97 Å². The van der Waals surface area contributed by atoms with Gasteiger partial charge in [0.25, 0.3) is 5.69 Å². The zero-order valence-electron chi connectivity index (χ0n) is 15.8. The first kappa shape index (κ1) is 19.0. The Bertz CT molecular complexity index is 836. The predicted molar refractivity (Wildman–Crippen MR) is 104 cm³/mol. The van der Waals surface area contributed by atoms with Crippen molar-refractivity contribution in [2.24, 2.45) is 5.92 Å². The van der Waals surface area contributed by atoms with Gasteiger partial charge in [0.15, 0.2) is 0 Å². The van der Waals surface area contributed by atoms with Crippen LogP contribution < -0.4 is 10.6 Å². The van der Waals surface area contributed by atoms with Crippen LogP contribution in [-0.4, -0.2) is 32.6 Å². The molecule has 144 valence electrons. The summed E-state index contributed by atoms with van der Waals surface area (Å²) in [7, 11) is 0. The van der Waals surface area contributed by atoms with Crippen LogP contribution >= 0.6 is 0 Å². The van der Waals surface area contributed by atoms with E-state index in [1.807, 2.05) is 19.9 Å². The lowest BCUT2D eigenvalue weighted by Gasteiger charge is -2.21. The van der Waals surface area contributed by atoms with Gasteiger partial charge in [-0.15, -0.1) is 0 Å². The molecule has 2 aromatic rings. The highest BCUT2D eigenvalue weighted by atomic mass is 16.6. The first-order chi connectivity index (χ1) is 12.9. The third-order valence-corrected chi connectivity index (χ3v) is 4.82. The Morgan fingerprint density at radius 2 is 2.07 bits per heavy atom. The molecule has 1 heterocycles. The molecule has 0 bridgehead atoms. The van der Waals surface area contributed by atoms with Crippen molar-refractivity contribution in [3.05, 3.63) is 45.6 Å². The molecule has 0 spiro atoms. The number of hydrogen-bond donors (Lipinski definition) is 3. The molecule has 0 aliphatic heterocycles. The number of hydrogen-bond acceptors (Lipinski definition) is 7. The van der Waals surface area contributed by atoms with E-state index in [2.05, 4.69) is 20.6 Å². The van der Waals surface area contributed by atoms with Crippen LogP contribution in [0.1, 0.15) is 43.9 Å². The zero-order valence-corrected chi connectivity index (χ0v) is 15.8. The molecular weight excluding hydrogens is 346 g/mol. The molecule has 1 aromatic heterocycles. The molecule has 1 saturated carbocycles. The normalized spacial score (nSPS) is 14.9. The zero-order chi connectivity index (χ0) is 19.6. The minimum atomic E-state index is -0.391. The van der Waals surface area contributed by atoms with Crippen LogP contribution in [0.25, 0.3) is 0 Å². The van der Waals surface area contributed by atoms with Crippen molar-refractivity contribution in [3.63, 3.8) is 0 Å². The van der Waals surface area contributed by atoms with Crippen molar-refractivity contribution in [2.45, 2.75) is 45.6 Å². The van der Waals surface area contributed by atoms with Gasteiger partial charge in [-0.2, -0.15) is 4.98 Å². The van der Waals surface area contributed by atoms with E-state index in [0.717, 1.165) is 18.5 Å². The van der Waals surface area contributed by atoms with Crippen LogP contribution in [0.5, 0.6) is 0 Å². The number of nitro benzene ring substituents is 1. The van der Waals surface area contributed by atoms with E-state index in [-0.39, 0.29) is 24.3 Å². The average Bonchev–Trinajstić information content (AvgIpc) is 3.46. The second-order valence-corrected chi connectivity index (χ2v) is 7.29. The van der Waals surface area contributed by atoms with Crippen molar-refractivity contribution in [3.8, 4) is 0 Å². The Morgan fingerprint density at radius 3 is 2.67 bits per heavy atom. The molecule has 1 atom stereocenters. The molecule has 1 fully saturated rings. The number of nitro groups is 1. The van der Waals surface area contributed by atoms with Gasteiger partial charge >= 0.3 is 0 Å². The fourth-order valence-electron chi connectivity index (χ4n) is 2.87. The van der Waals surface area contributed by atoms with E-state index in [1.165, 1.54) is 6.07 Å². The van der Waals surface area contributed by atoms with E-state index in [9.17, 15) is 15.2 Å². The van der Waals surface area contributed by atoms with Crippen LogP contribution in [0, 0.1) is 23.0 Å². The Hall–Kier alpha value is -2.74. The maximum absolute atomic E-state index is 11.2. The maximum atomic E-state index is 11.2. The Morgan fingerprint density at radius 1 is 1.33 bits per heavy atom. The third-order valence-electron chi connectivity index (χ3n) is 4.82. The molecule has 1 aliphatic rings. The summed E-state index contributed by atoms with van der Waals surface area (Å²) < 4.78 is 0. The van der Waals surface area contributed by atoms with Crippen molar-refractivity contribution in [1.29, 1.82) is 0 Å².